The Bertz CT molecular complexity index is 1430. The predicted octanol–water partition coefficient (Wildman–Crippen LogP) is 4.84. The third-order valence-electron chi connectivity index (χ3n) is 4.90. The van der Waals surface area contributed by atoms with Crippen molar-refractivity contribution in [1.29, 1.82) is 0 Å². The molecule has 0 heterocycles. The van der Waals surface area contributed by atoms with Gasteiger partial charge in [-0.15, -0.1) is 0 Å². The quantitative estimate of drug-likeness (QED) is 0.164. The molecule has 6 nitrogen and oxygen atoms in total. The molecule has 0 aliphatic heterocycles. The maximum absolute atomic E-state index is 14.6. The molecule has 0 bridgehead atoms. The number of benzene rings is 3. The van der Waals surface area contributed by atoms with Crippen molar-refractivity contribution in [2.45, 2.75) is 0 Å². The maximum Gasteiger partial charge on any atom is 0.330 e. The van der Waals surface area contributed by atoms with Crippen LogP contribution in [0.2, 0.25) is 0 Å². The van der Waals surface area contributed by atoms with E-state index in [2.05, 4.69) is 36.8 Å². The average Bonchev–Trinajstić information content (AvgIpc) is 2.96. The van der Waals surface area contributed by atoms with Gasteiger partial charge < -0.3 is 18.9 Å². The molecular formula is C32H25FO6. The molecule has 0 aromatic heterocycles. The van der Waals surface area contributed by atoms with E-state index in [1.165, 1.54) is 6.07 Å². The zero-order valence-electron chi connectivity index (χ0n) is 21.1. The number of halogens is 1. The molecule has 0 saturated heterocycles. The Morgan fingerprint density at radius 2 is 1.08 bits per heavy atom. The van der Waals surface area contributed by atoms with Gasteiger partial charge in [-0.05, 0) is 66.7 Å². The van der Waals surface area contributed by atoms with Crippen LogP contribution in [0.3, 0.4) is 0 Å². The van der Waals surface area contributed by atoms with E-state index < -0.39 is 17.8 Å². The Morgan fingerprint density at radius 1 is 0.641 bits per heavy atom. The highest BCUT2D eigenvalue weighted by Crippen LogP contribution is 2.14. The molecule has 0 amide bonds. The lowest BCUT2D eigenvalue weighted by Gasteiger charge is -2.06. The van der Waals surface area contributed by atoms with E-state index in [9.17, 15) is 14.0 Å². The minimum atomic E-state index is -0.503. The van der Waals surface area contributed by atoms with E-state index in [0.717, 1.165) is 17.7 Å². The lowest BCUT2D eigenvalue weighted by atomic mass is 10.1. The van der Waals surface area contributed by atoms with Crippen molar-refractivity contribution in [1.82, 2.24) is 0 Å². The monoisotopic (exact) mass is 524 g/mol. The van der Waals surface area contributed by atoms with Crippen LogP contribution in [0.4, 0.5) is 4.39 Å². The summed E-state index contributed by atoms with van der Waals surface area (Å²) in [5, 5.41) is 0. The van der Waals surface area contributed by atoms with Crippen molar-refractivity contribution in [3.05, 3.63) is 120 Å². The fraction of sp³-hybridized carbons (Fsp3) is 0.125. The highest BCUT2D eigenvalue weighted by atomic mass is 19.1. The fourth-order valence-corrected chi connectivity index (χ4v) is 2.97. The van der Waals surface area contributed by atoms with Crippen molar-refractivity contribution >= 4 is 11.9 Å². The number of hydrogen-bond acceptors (Lipinski definition) is 6. The van der Waals surface area contributed by atoms with Gasteiger partial charge in [-0.3, -0.25) is 0 Å². The Kier molecular flexibility index (Phi) is 11.0. The van der Waals surface area contributed by atoms with Gasteiger partial charge in [-0.25, -0.2) is 14.0 Å². The predicted molar refractivity (Wildman–Crippen MR) is 145 cm³/mol. The van der Waals surface area contributed by atoms with Crippen LogP contribution in [0, 0.1) is 29.5 Å². The summed E-state index contributed by atoms with van der Waals surface area (Å²) in [7, 11) is 0. The molecule has 3 rings (SSSR count). The summed E-state index contributed by atoms with van der Waals surface area (Å²) < 4.78 is 35.3. The molecule has 0 fully saturated rings. The fourth-order valence-electron chi connectivity index (χ4n) is 2.97. The molecule has 0 atom stereocenters. The second-order valence-corrected chi connectivity index (χ2v) is 7.68. The summed E-state index contributed by atoms with van der Waals surface area (Å²) in [6.07, 6.45) is 2.18. The molecular weight excluding hydrogens is 499 g/mol. The average molecular weight is 525 g/mol. The number of hydrogen-bond donors (Lipinski definition) is 0. The lowest BCUT2D eigenvalue weighted by Crippen LogP contribution is -2.10. The molecule has 0 aliphatic carbocycles. The van der Waals surface area contributed by atoms with E-state index in [0.29, 0.717) is 22.6 Å². The number of carbonyl (C=O) groups is 2. The van der Waals surface area contributed by atoms with Gasteiger partial charge >= 0.3 is 11.9 Å². The topological polar surface area (TPSA) is 71.1 Å². The lowest BCUT2D eigenvalue weighted by molar-refractivity contribution is -0.139. The highest BCUT2D eigenvalue weighted by molar-refractivity contribution is 5.81. The molecule has 3 aromatic carbocycles. The summed E-state index contributed by atoms with van der Waals surface area (Å²) in [4.78, 5) is 22.0. The van der Waals surface area contributed by atoms with E-state index in [1.54, 1.807) is 60.7 Å². The van der Waals surface area contributed by atoms with Crippen molar-refractivity contribution in [3.8, 4) is 35.2 Å². The molecule has 3 aromatic rings. The highest BCUT2D eigenvalue weighted by Gasteiger charge is 2.01. The molecule has 39 heavy (non-hydrogen) atoms. The van der Waals surface area contributed by atoms with Gasteiger partial charge in [-0.1, -0.05) is 36.8 Å². The van der Waals surface area contributed by atoms with Crippen molar-refractivity contribution < 1.29 is 32.9 Å². The number of esters is 2. The van der Waals surface area contributed by atoms with Gasteiger partial charge in [0, 0.05) is 28.8 Å². The van der Waals surface area contributed by atoms with E-state index in [4.69, 9.17) is 18.9 Å². The van der Waals surface area contributed by atoms with Gasteiger partial charge in [0.1, 0.15) is 43.7 Å². The second-order valence-electron chi connectivity index (χ2n) is 7.68. The van der Waals surface area contributed by atoms with Crippen LogP contribution in [-0.2, 0) is 19.1 Å². The molecule has 0 spiro atoms. The molecule has 0 radical (unpaired) electrons. The minimum Gasteiger partial charge on any atom is -0.490 e. The van der Waals surface area contributed by atoms with Crippen molar-refractivity contribution in [2.75, 3.05) is 26.4 Å². The van der Waals surface area contributed by atoms with E-state index in [1.807, 2.05) is 0 Å². The molecule has 196 valence electrons. The molecule has 0 saturated carbocycles. The van der Waals surface area contributed by atoms with Gasteiger partial charge in [0.25, 0.3) is 0 Å². The van der Waals surface area contributed by atoms with E-state index >= 15 is 0 Å². The molecule has 0 N–H and O–H groups in total. The summed E-state index contributed by atoms with van der Waals surface area (Å²) in [5.41, 5.74) is 2.19. The largest absolute Gasteiger partial charge is 0.490 e. The summed E-state index contributed by atoms with van der Waals surface area (Å²) in [6.45, 7) is 7.31. The summed E-state index contributed by atoms with van der Waals surface area (Å²) >= 11 is 0. The Morgan fingerprint density at radius 3 is 1.54 bits per heavy atom. The normalized spacial score (nSPS) is 9.56. The van der Waals surface area contributed by atoms with Crippen molar-refractivity contribution in [3.63, 3.8) is 0 Å². The SMILES string of the molecule is C=CC(=O)OCCOc1ccc(C#Cc2ccc(C#Cc3ccc(OCCOC(=O)C=C)cc3)c(F)c2)cc1. The van der Waals surface area contributed by atoms with Crippen LogP contribution in [0.15, 0.2) is 92.0 Å². The first-order valence-corrected chi connectivity index (χ1v) is 11.8. The van der Waals surface area contributed by atoms with Crippen LogP contribution in [0.5, 0.6) is 11.5 Å². The first-order chi connectivity index (χ1) is 19.0. The van der Waals surface area contributed by atoms with E-state index in [-0.39, 0.29) is 32.0 Å². The Balaban J connectivity index is 1.52. The van der Waals surface area contributed by atoms with Gasteiger partial charge in [0.2, 0.25) is 0 Å². The smallest absolute Gasteiger partial charge is 0.330 e. The van der Waals surface area contributed by atoms with Crippen LogP contribution in [-0.4, -0.2) is 38.4 Å². The number of rotatable bonds is 10. The van der Waals surface area contributed by atoms with Gasteiger partial charge in [0.05, 0.1) is 5.56 Å². The zero-order valence-corrected chi connectivity index (χ0v) is 21.1. The third-order valence-corrected chi connectivity index (χ3v) is 4.90. The summed E-state index contributed by atoms with van der Waals surface area (Å²) in [6, 6.07) is 18.7. The Labute approximate surface area is 226 Å². The standard InChI is InChI=1S/C32H25FO6/c1-3-31(34)38-21-19-36-28-15-9-24(10-16-28)5-6-26-8-14-27(30(33)23-26)13-7-25-11-17-29(18-12-25)37-20-22-39-32(35)4-2/h3-4,8-12,14-18,23H,1-2,19-22H2. The van der Waals surface area contributed by atoms with Gasteiger partial charge in [-0.2, -0.15) is 0 Å². The molecule has 7 heteroatoms. The number of ether oxygens (including phenoxy) is 4. The van der Waals surface area contributed by atoms with Gasteiger partial charge in [0.15, 0.2) is 0 Å². The number of carbonyl (C=O) groups excluding carboxylic acids is 2. The minimum absolute atomic E-state index is 0.116. The third kappa shape index (κ3) is 9.95. The first kappa shape index (κ1) is 28.3. The maximum atomic E-state index is 14.6. The van der Waals surface area contributed by atoms with Crippen LogP contribution < -0.4 is 9.47 Å². The Hall–Kier alpha value is -5.27. The molecule has 0 aliphatic rings. The van der Waals surface area contributed by atoms with Crippen LogP contribution >= 0.6 is 0 Å². The second kappa shape index (κ2) is 15.1. The van der Waals surface area contributed by atoms with Crippen LogP contribution in [0.1, 0.15) is 22.3 Å². The first-order valence-electron chi connectivity index (χ1n) is 11.8. The summed E-state index contributed by atoms with van der Waals surface area (Å²) in [5.74, 6) is 11.4. The molecule has 0 unspecified atom stereocenters. The van der Waals surface area contributed by atoms with Crippen molar-refractivity contribution in [2.24, 2.45) is 0 Å². The zero-order chi connectivity index (χ0) is 27.9. The van der Waals surface area contributed by atoms with Crippen LogP contribution in [0.25, 0.3) is 0 Å².